The Hall–Kier alpha value is -1.38. The lowest BCUT2D eigenvalue weighted by Crippen LogP contribution is -2.22. The Labute approximate surface area is 95.3 Å². The van der Waals surface area contributed by atoms with Gasteiger partial charge in [0.2, 0.25) is 5.91 Å². The zero-order valence-electron chi connectivity index (χ0n) is 9.44. The number of nitrogens with zero attached hydrogens (tertiary/aromatic N) is 1. The van der Waals surface area contributed by atoms with E-state index in [1.165, 1.54) is 6.42 Å². The van der Waals surface area contributed by atoms with E-state index in [2.05, 4.69) is 10.3 Å². The third-order valence-corrected chi connectivity index (χ3v) is 3.88. The third-order valence-electron chi connectivity index (χ3n) is 3.88. The fourth-order valence-corrected chi connectivity index (χ4v) is 2.78. The van der Waals surface area contributed by atoms with Crippen molar-refractivity contribution in [3.05, 3.63) is 24.0 Å². The van der Waals surface area contributed by atoms with Gasteiger partial charge in [0.15, 0.2) is 0 Å². The van der Waals surface area contributed by atoms with Crippen molar-refractivity contribution in [2.24, 2.45) is 17.8 Å². The highest BCUT2D eigenvalue weighted by atomic mass is 16.1. The maximum atomic E-state index is 12.0. The van der Waals surface area contributed by atoms with E-state index in [4.69, 9.17) is 0 Å². The van der Waals surface area contributed by atoms with Crippen LogP contribution in [-0.2, 0) is 4.79 Å². The van der Waals surface area contributed by atoms with Crippen LogP contribution in [-0.4, -0.2) is 10.9 Å². The predicted molar refractivity (Wildman–Crippen MR) is 61.9 cm³/mol. The second-order valence-corrected chi connectivity index (χ2v) is 5.05. The van der Waals surface area contributed by atoms with Crippen LogP contribution in [0.25, 0.3) is 0 Å². The van der Waals surface area contributed by atoms with E-state index in [0.29, 0.717) is 0 Å². The maximum Gasteiger partial charge on any atom is 0.227 e. The molecule has 2 unspecified atom stereocenters. The average molecular weight is 216 g/mol. The molecule has 0 aliphatic heterocycles. The van der Waals surface area contributed by atoms with Crippen LogP contribution < -0.4 is 5.32 Å². The van der Waals surface area contributed by atoms with E-state index in [1.807, 2.05) is 19.1 Å². The molecule has 0 aromatic carbocycles. The summed E-state index contributed by atoms with van der Waals surface area (Å²) in [6.45, 7) is 1.92. The molecule has 0 saturated heterocycles. The second kappa shape index (κ2) is 3.58. The predicted octanol–water partition coefficient (Wildman–Crippen LogP) is 2.37. The molecule has 0 bridgehead atoms. The van der Waals surface area contributed by atoms with Crippen LogP contribution in [0.3, 0.4) is 0 Å². The van der Waals surface area contributed by atoms with Crippen molar-refractivity contribution in [2.75, 3.05) is 5.32 Å². The van der Waals surface area contributed by atoms with Crippen molar-refractivity contribution in [1.82, 2.24) is 4.98 Å². The largest absolute Gasteiger partial charge is 0.324 e. The number of hydrogen-bond donors (Lipinski definition) is 1. The lowest BCUT2D eigenvalue weighted by atomic mass is 10.0. The molecule has 3 rings (SSSR count). The molecule has 1 N–H and O–H groups in total. The number of pyridine rings is 1. The van der Waals surface area contributed by atoms with E-state index in [1.54, 1.807) is 6.20 Å². The first-order valence-corrected chi connectivity index (χ1v) is 5.96. The molecule has 16 heavy (non-hydrogen) atoms. The zero-order valence-corrected chi connectivity index (χ0v) is 9.44. The molecule has 2 aliphatic rings. The molecule has 1 aromatic heterocycles. The van der Waals surface area contributed by atoms with Gasteiger partial charge in [-0.1, -0.05) is 0 Å². The van der Waals surface area contributed by atoms with Crippen molar-refractivity contribution in [2.45, 2.75) is 26.2 Å². The number of aryl methyl sites for hydroxylation is 1. The zero-order chi connectivity index (χ0) is 11.1. The topological polar surface area (TPSA) is 42.0 Å². The average Bonchev–Trinajstić information content (AvgIpc) is 2.89. The highest BCUT2D eigenvalue weighted by Gasteiger charge is 2.47. The lowest BCUT2D eigenvalue weighted by molar-refractivity contribution is -0.120. The number of carbonyl (C=O) groups is 1. The summed E-state index contributed by atoms with van der Waals surface area (Å²) in [5.74, 6) is 2.13. The van der Waals surface area contributed by atoms with Gasteiger partial charge >= 0.3 is 0 Å². The Morgan fingerprint density at radius 3 is 2.81 bits per heavy atom. The van der Waals surface area contributed by atoms with E-state index < -0.39 is 0 Å². The van der Waals surface area contributed by atoms with Gasteiger partial charge in [0.05, 0.1) is 11.4 Å². The summed E-state index contributed by atoms with van der Waals surface area (Å²) >= 11 is 0. The fourth-order valence-electron chi connectivity index (χ4n) is 2.78. The number of amides is 1. The van der Waals surface area contributed by atoms with E-state index in [9.17, 15) is 4.79 Å². The van der Waals surface area contributed by atoms with Gasteiger partial charge in [-0.15, -0.1) is 0 Å². The van der Waals surface area contributed by atoms with Crippen LogP contribution in [0.2, 0.25) is 0 Å². The maximum absolute atomic E-state index is 12.0. The Balaban J connectivity index is 1.66. The standard InChI is InChI=1S/C13H16N2O/c1-8-12(3-2-4-14-8)15-13(16)11-6-9-5-10(9)7-11/h2-4,9-11H,5-7H2,1H3,(H,15,16). The molecule has 84 valence electrons. The Bertz CT molecular complexity index is 420. The minimum atomic E-state index is 0.184. The first kappa shape index (κ1) is 9.82. The van der Waals surface area contributed by atoms with Crippen LogP contribution in [0.5, 0.6) is 0 Å². The van der Waals surface area contributed by atoms with Crippen molar-refractivity contribution >= 4 is 11.6 Å². The van der Waals surface area contributed by atoms with Gasteiger partial charge in [-0.25, -0.2) is 0 Å². The van der Waals surface area contributed by atoms with Crippen LogP contribution >= 0.6 is 0 Å². The van der Waals surface area contributed by atoms with Gasteiger partial charge in [0, 0.05) is 12.1 Å². The molecule has 3 heteroatoms. The number of hydrogen-bond acceptors (Lipinski definition) is 2. The van der Waals surface area contributed by atoms with Crippen molar-refractivity contribution in [3.8, 4) is 0 Å². The molecule has 0 spiro atoms. The van der Waals surface area contributed by atoms with Gasteiger partial charge in [0.25, 0.3) is 0 Å². The summed E-state index contributed by atoms with van der Waals surface area (Å²) in [4.78, 5) is 16.2. The number of aromatic nitrogens is 1. The van der Waals surface area contributed by atoms with Gasteiger partial charge in [-0.2, -0.15) is 0 Å². The molecule has 3 nitrogen and oxygen atoms in total. The van der Waals surface area contributed by atoms with Crippen LogP contribution in [0.4, 0.5) is 5.69 Å². The van der Waals surface area contributed by atoms with Crippen LogP contribution in [0.1, 0.15) is 25.0 Å². The number of fused-ring (bicyclic) bond motifs is 1. The summed E-state index contributed by atoms with van der Waals surface area (Å²) < 4.78 is 0. The van der Waals surface area contributed by atoms with Gasteiger partial charge in [-0.3, -0.25) is 9.78 Å². The first-order valence-electron chi connectivity index (χ1n) is 5.96. The Kier molecular flexibility index (Phi) is 2.20. The number of nitrogens with one attached hydrogen (secondary N) is 1. The molecular formula is C13H16N2O. The van der Waals surface area contributed by atoms with E-state index in [0.717, 1.165) is 36.1 Å². The first-order chi connectivity index (χ1) is 7.74. The molecule has 2 fully saturated rings. The quantitative estimate of drug-likeness (QED) is 0.824. The van der Waals surface area contributed by atoms with Gasteiger partial charge < -0.3 is 5.32 Å². The van der Waals surface area contributed by atoms with E-state index >= 15 is 0 Å². The van der Waals surface area contributed by atoms with Gasteiger partial charge in [-0.05, 0) is 50.2 Å². The minimum absolute atomic E-state index is 0.184. The van der Waals surface area contributed by atoms with E-state index in [-0.39, 0.29) is 11.8 Å². The molecule has 2 aliphatic carbocycles. The molecule has 0 radical (unpaired) electrons. The molecule has 1 amide bonds. The monoisotopic (exact) mass is 216 g/mol. The normalized spacial score (nSPS) is 30.9. The molecule has 1 heterocycles. The Morgan fingerprint density at radius 1 is 1.38 bits per heavy atom. The number of carbonyl (C=O) groups excluding carboxylic acids is 1. The Morgan fingerprint density at radius 2 is 2.12 bits per heavy atom. The summed E-state index contributed by atoms with van der Waals surface area (Å²) in [5.41, 5.74) is 1.74. The molecular weight excluding hydrogens is 200 g/mol. The summed E-state index contributed by atoms with van der Waals surface area (Å²) in [5, 5.41) is 2.99. The fraction of sp³-hybridized carbons (Fsp3) is 0.538. The molecule has 2 saturated carbocycles. The third kappa shape index (κ3) is 1.70. The lowest BCUT2D eigenvalue weighted by Gasteiger charge is -2.13. The highest BCUT2D eigenvalue weighted by molar-refractivity contribution is 5.93. The van der Waals surface area contributed by atoms with Gasteiger partial charge in [0.1, 0.15) is 0 Å². The second-order valence-electron chi connectivity index (χ2n) is 5.05. The SMILES string of the molecule is Cc1ncccc1NC(=O)C1CC2CC2C1. The van der Waals surface area contributed by atoms with Crippen LogP contribution in [0, 0.1) is 24.7 Å². The van der Waals surface area contributed by atoms with Crippen LogP contribution in [0.15, 0.2) is 18.3 Å². The number of rotatable bonds is 2. The summed E-state index contributed by atoms with van der Waals surface area (Å²) in [7, 11) is 0. The minimum Gasteiger partial charge on any atom is -0.324 e. The van der Waals surface area contributed by atoms with Crippen molar-refractivity contribution in [3.63, 3.8) is 0 Å². The smallest absolute Gasteiger partial charge is 0.227 e. The van der Waals surface area contributed by atoms with Crippen molar-refractivity contribution < 1.29 is 4.79 Å². The van der Waals surface area contributed by atoms with Crippen molar-refractivity contribution in [1.29, 1.82) is 0 Å². The summed E-state index contributed by atoms with van der Waals surface area (Å²) in [6, 6.07) is 3.77. The highest BCUT2D eigenvalue weighted by Crippen LogP contribution is 2.54. The number of anilines is 1. The summed E-state index contributed by atoms with van der Waals surface area (Å²) in [6.07, 6.45) is 5.29. The molecule has 2 atom stereocenters. The molecule has 1 aromatic rings.